The summed E-state index contributed by atoms with van der Waals surface area (Å²) in [6.07, 6.45) is 0. The second-order valence-electron chi connectivity index (χ2n) is 16.3. The molecule has 64 heavy (non-hydrogen) atoms. The van der Waals surface area contributed by atoms with E-state index in [1.54, 1.807) is 0 Å². The van der Waals surface area contributed by atoms with Crippen LogP contribution in [0.2, 0.25) is 0 Å². The van der Waals surface area contributed by atoms with Crippen LogP contribution in [0.1, 0.15) is 0 Å². The molecule has 12 rings (SSSR count). The Balaban J connectivity index is 0.910. The molecule has 0 aliphatic carbocycles. The summed E-state index contributed by atoms with van der Waals surface area (Å²) in [5, 5.41) is 9.43. The van der Waals surface area contributed by atoms with Gasteiger partial charge in [0.25, 0.3) is 0 Å². The molecule has 4 heteroatoms. The Morgan fingerprint density at radius 3 is 0.969 bits per heavy atom. The van der Waals surface area contributed by atoms with Crippen LogP contribution in [-0.4, -0.2) is 19.9 Å². The minimum atomic E-state index is 0.681. The molecule has 0 bridgehead atoms. The molecule has 0 aliphatic rings. The maximum Gasteiger partial charge on any atom is 0.160 e. The highest BCUT2D eigenvalue weighted by atomic mass is 14.9. The lowest BCUT2D eigenvalue weighted by Crippen LogP contribution is -1.97. The molecule has 298 valence electrons. The Morgan fingerprint density at radius 1 is 0.203 bits per heavy atom. The molecule has 12 aromatic rings. The zero-order chi connectivity index (χ0) is 42.4. The molecule has 0 radical (unpaired) electrons. The van der Waals surface area contributed by atoms with Crippen LogP contribution in [0.15, 0.2) is 231 Å². The van der Waals surface area contributed by atoms with Gasteiger partial charge in [-0.05, 0) is 78.5 Å². The minimum absolute atomic E-state index is 0.681. The topological polar surface area (TPSA) is 51.6 Å². The molecule has 4 nitrogen and oxygen atoms in total. The monoisotopic (exact) mass is 814 g/mol. The predicted molar refractivity (Wildman–Crippen MR) is 266 cm³/mol. The summed E-state index contributed by atoms with van der Waals surface area (Å²) < 4.78 is 0. The largest absolute Gasteiger partial charge is 0.228 e. The van der Waals surface area contributed by atoms with Gasteiger partial charge in [0.15, 0.2) is 11.6 Å². The maximum absolute atomic E-state index is 5.22. The van der Waals surface area contributed by atoms with Crippen molar-refractivity contribution in [2.45, 2.75) is 0 Å². The van der Waals surface area contributed by atoms with E-state index in [0.29, 0.717) is 11.6 Å². The van der Waals surface area contributed by atoms with Crippen LogP contribution in [0.4, 0.5) is 0 Å². The fourth-order valence-corrected chi connectivity index (χ4v) is 8.94. The van der Waals surface area contributed by atoms with Crippen LogP contribution in [0, 0.1) is 0 Å². The summed E-state index contributed by atoms with van der Waals surface area (Å²) in [6.45, 7) is 0. The van der Waals surface area contributed by atoms with Crippen molar-refractivity contribution in [3.8, 4) is 78.9 Å². The van der Waals surface area contributed by atoms with E-state index in [-0.39, 0.29) is 0 Å². The zero-order valence-electron chi connectivity index (χ0n) is 34.7. The molecular formula is C60H38N4. The van der Waals surface area contributed by atoms with Gasteiger partial charge in [-0.25, -0.2) is 19.9 Å². The quantitative estimate of drug-likeness (QED) is 0.161. The number of nitrogens with zero attached hydrogens (tertiary/aromatic N) is 4. The molecule has 0 spiro atoms. The van der Waals surface area contributed by atoms with Crippen molar-refractivity contribution < 1.29 is 0 Å². The third kappa shape index (κ3) is 6.94. The summed E-state index contributed by atoms with van der Waals surface area (Å²) in [4.78, 5) is 20.8. The molecule has 0 saturated heterocycles. The molecule has 2 heterocycles. The van der Waals surface area contributed by atoms with Gasteiger partial charge in [0, 0.05) is 33.4 Å². The predicted octanol–water partition coefficient (Wildman–Crippen LogP) is 15.5. The van der Waals surface area contributed by atoms with Crippen LogP contribution in [0.25, 0.3) is 122 Å². The Kier molecular flexibility index (Phi) is 9.12. The van der Waals surface area contributed by atoms with E-state index in [1.807, 2.05) is 0 Å². The normalized spacial score (nSPS) is 11.4. The first kappa shape index (κ1) is 37.2. The number of hydrogen-bond acceptors (Lipinski definition) is 4. The highest BCUT2D eigenvalue weighted by Crippen LogP contribution is 2.36. The first-order valence-corrected chi connectivity index (χ1v) is 21.6. The van der Waals surface area contributed by atoms with E-state index in [9.17, 15) is 0 Å². The van der Waals surface area contributed by atoms with Gasteiger partial charge in [0.2, 0.25) is 0 Å². The molecule has 10 aromatic carbocycles. The van der Waals surface area contributed by atoms with Gasteiger partial charge in [-0.15, -0.1) is 0 Å². The highest BCUT2D eigenvalue weighted by molar-refractivity contribution is 5.98. The van der Waals surface area contributed by atoms with Crippen LogP contribution < -0.4 is 0 Å². The Bertz CT molecular complexity index is 3470. The zero-order valence-corrected chi connectivity index (χ0v) is 34.7. The number of aromatic nitrogens is 4. The highest BCUT2D eigenvalue weighted by Gasteiger charge is 2.16. The molecule has 0 amide bonds. The smallest absolute Gasteiger partial charge is 0.160 e. The lowest BCUT2D eigenvalue weighted by molar-refractivity contribution is 1.18. The lowest BCUT2D eigenvalue weighted by atomic mass is 9.99. The van der Waals surface area contributed by atoms with Crippen molar-refractivity contribution >= 4 is 43.1 Å². The first-order chi connectivity index (χ1) is 31.7. The fraction of sp³-hybridized carbons (Fsp3) is 0. The molecule has 0 fully saturated rings. The Morgan fingerprint density at radius 2 is 0.531 bits per heavy atom. The number of fused-ring (bicyclic) bond motifs is 4. The number of hydrogen-bond donors (Lipinski definition) is 0. The number of rotatable bonds is 7. The number of benzene rings is 10. The van der Waals surface area contributed by atoms with Gasteiger partial charge in [0.05, 0.1) is 22.8 Å². The third-order valence-electron chi connectivity index (χ3n) is 12.3. The summed E-state index contributed by atoms with van der Waals surface area (Å²) in [7, 11) is 0. The molecule has 2 aromatic heterocycles. The second-order valence-corrected chi connectivity index (χ2v) is 16.3. The van der Waals surface area contributed by atoms with E-state index >= 15 is 0 Å². The minimum Gasteiger partial charge on any atom is -0.228 e. The van der Waals surface area contributed by atoms with Crippen molar-refractivity contribution in [2.24, 2.45) is 0 Å². The average Bonchev–Trinajstić information content (AvgIpc) is 3.38. The van der Waals surface area contributed by atoms with Gasteiger partial charge < -0.3 is 0 Å². The second kappa shape index (κ2) is 15.7. The van der Waals surface area contributed by atoms with E-state index in [0.717, 1.165) is 78.1 Å². The molecule has 0 N–H and O–H groups in total. The van der Waals surface area contributed by atoms with Gasteiger partial charge >= 0.3 is 0 Å². The van der Waals surface area contributed by atoms with Crippen LogP contribution in [-0.2, 0) is 0 Å². The van der Waals surface area contributed by atoms with Crippen molar-refractivity contribution in [2.75, 3.05) is 0 Å². The summed E-state index contributed by atoms with van der Waals surface area (Å²) in [5.41, 5.74) is 11.9. The summed E-state index contributed by atoms with van der Waals surface area (Å²) in [6, 6.07) is 81.1. The molecule has 0 saturated carbocycles. The van der Waals surface area contributed by atoms with Crippen molar-refractivity contribution in [3.05, 3.63) is 231 Å². The van der Waals surface area contributed by atoms with Crippen molar-refractivity contribution in [1.29, 1.82) is 0 Å². The van der Waals surface area contributed by atoms with E-state index in [1.165, 1.54) is 32.3 Å². The van der Waals surface area contributed by atoms with E-state index < -0.39 is 0 Å². The van der Waals surface area contributed by atoms with Gasteiger partial charge in [-0.2, -0.15) is 0 Å². The molecule has 0 aliphatic heterocycles. The Labute approximate surface area is 370 Å². The maximum atomic E-state index is 5.22. The summed E-state index contributed by atoms with van der Waals surface area (Å²) in [5.74, 6) is 1.36. The van der Waals surface area contributed by atoms with Crippen molar-refractivity contribution in [3.63, 3.8) is 0 Å². The summed E-state index contributed by atoms with van der Waals surface area (Å²) >= 11 is 0. The lowest BCUT2D eigenvalue weighted by Gasteiger charge is -2.13. The van der Waals surface area contributed by atoms with Crippen LogP contribution in [0.5, 0.6) is 0 Å². The van der Waals surface area contributed by atoms with Gasteiger partial charge in [-0.3, -0.25) is 0 Å². The van der Waals surface area contributed by atoms with Gasteiger partial charge in [0.1, 0.15) is 0 Å². The molecule has 0 unspecified atom stereocenters. The average molecular weight is 815 g/mol. The van der Waals surface area contributed by atoms with Crippen LogP contribution in [0.3, 0.4) is 0 Å². The van der Waals surface area contributed by atoms with Crippen molar-refractivity contribution in [1.82, 2.24) is 19.9 Å². The van der Waals surface area contributed by atoms with Gasteiger partial charge in [-0.1, -0.05) is 206 Å². The standard InChI is InChI=1S/C60H38N4/c1-3-15-47-35-49(33-27-39(47)11-1)55-37-57(53-21-9-17-43-13-5-7-19-51(43)53)63-59(61-55)45-29-23-41(24-30-45)42-25-31-46(32-26-42)60-62-56(50-34-28-40-12-2-4-16-48(40)36-50)38-58(64-60)54-22-10-18-44-14-6-8-20-52(44)54/h1-38H. The van der Waals surface area contributed by atoms with Crippen LogP contribution >= 0.6 is 0 Å². The first-order valence-electron chi connectivity index (χ1n) is 21.6. The Hall–Kier alpha value is -8.60. The molecular weight excluding hydrogens is 777 g/mol. The third-order valence-corrected chi connectivity index (χ3v) is 12.3. The van der Waals surface area contributed by atoms with E-state index in [2.05, 4.69) is 231 Å². The van der Waals surface area contributed by atoms with E-state index in [4.69, 9.17) is 19.9 Å². The fourth-order valence-electron chi connectivity index (χ4n) is 8.94. The SMILES string of the molecule is c1ccc2cc(-c3cc(-c4cccc5ccccc45)nc(-c4ccc(-c5ccc(-c6nc(-c7ccc8ccccc8c7)cc(-c7cccc8ccccc78)n6)cc5)cc4)n3)ccc2c1. The molecule has 0 atom stereocenters.